The molecule has 124 valence electrons. The van der Waals surface area contributed by atoms with Crippen LogP contribution in [-0.4, -0.2) is 20.1 Å². The van der Waals surface area contributed by atoms with Crippen LogP contribution in [0.1, 0.15) is 16.1 Å². The molecular weight excluding hydrogens is 326 g/mol. The summed E-state index contributed by atoms with van der Waals surface area (Å²) in [6, 6.07) is 12.9. The van der Waals surface area contributed by atoms with Crippen LogP contribution in [0.2, 0.25) is 0 Å². The van der Waals surface area contributed by atoms with Gasteiger partial charge < -0.3 is 19.2 Å². The quantitative estimate of drug-likeness (QED) is 0.736. The van der Waals surface area contributed by atoms with Gasteiger partial charge in [0.15, 0.2) is 0 Å². The Bertz CT molecular complexity index is 801. The van der Waals surface area contributed by atoms with Crippen molar-refractivity contribution in [2.45, 2.75) is 6.54 Å². The number of methoxy groups -OCH3 is 2. The van der Waals surface area contributed by atoms with Gasteiger partial charge >= 0.3 is 0 Å². The van der Waals surface area contributed by atoms with Gasteiger partial charge in [-0.15, -0.1) is 11.3 Å². The van der Waals surface area contributed by atoms with Gasteiger partial charge in [-0.2, -0.15) is 0 Å². The average molecular weight is 343 g/mol. The second-order valence-electron chi connectivity index (χ2n) is 4.96. The third-order valence-electron chi connectivity index (χ3n) is 3.50. The van der Waals surface area contributed by atoms with Crippen LogP contribution in [0.5, 0.6) is 11.5 Å². The molecule has 5 nitrogen and oxygen atoms in total. The van der Waals surface area contributed by atoms with E-state index in [2.05, 4.69) is 5.32 Å². The molecule has 0 aliphatic carbocycles. The van der Waals surface area contributed by atoms with Crippen molar-refractivity contribution in [2.75, 3.05) is 14.2 Å². The van der Waals surface area contributed by atoms with Crippen molar-refractivity contribution in [3.8, 4) is 22.1 Å². The Morgan fingerprint density at radius 2 is 1.83 bits per heavy atom. The molecule has 3 rings (SSSR count). The summed E-state index contributed by atoms with van der Waals surface area (Å²) in [5, 5.41) is 4.83. The lowest BCUT2D eigenvalue weighted by molar-refractivity contribution is 0.0942. The summed E-state index contributed by atoms with van der Waals surface area (Å²) >= 11 is 1.61. The lowest BCUT2D eigenvalue weighted by atomic mass is 10.1. The zero-order valence-electron chi connectivity index (χ0n) is 13.4. The van der Waals surface area contributed by atoms with Crippen molar-refractivity contribution < 1.29 is 18.7 Å². The molecule has 0 saturated carbocycles. The third-order valence-corrected chi connectivity index (χ3v) is 4.39. The highest BCUT2D eigenvalue weighted by Crippen LogP contribution is 2.29. The number of thiophene rings is 1. The molecule has 0 bridgehead atoms. The van der Waals surface area contributed by atoms with Crippen LogP contribution in [0, 0.1) is 0 Å². The minimum absolute atomic E-state index is 0.279. The fourth-order valence-corrected chi connectivity index (χ4v) is 3.04. The molecule has 0 radical (unpaired) electrons. The van der Waals surface area contributed by atoms with Gasteiger partial charge in [-0.1, -0.05) is 12.1 Å². The number of furan rings is 1. The van der Waals surface area contributed by atoms with E-state index in [0.29, 0.717) is 22.8 Å². The van der Waals surface area contributed by atoms with Gasteiger partial charge in [0.25, 0.3) is 5.91 Å². The molecule has 0 aliphatic rings. The van der Waals surface area contributed by atoms with E-state index in [-0.39, 0.29) is 12.5 Å². The molecule has 24 heavy (non-hydrogen) atoms. The van der Waals surface area contributed by atoms with Crippen molar-refractivity contribution >= 4 is 17.2 Å². The zero-order valence-corrected chi connectivity index (χ0v) is 14.2. The predicted molar refractivity (Wildman–Crippen MR) is 92.7 cm³/mol. The summed E-state index contributed by atoms with van der Waals surface area (Å²) in [4.78, 5) is 13.6. The van der Waals surface area contributed by atoms with Crippen molar-refractivity contribution in [1.82, 2.24) is 5.32 Å². The fraction of sp³-hybridized carbons (Fsp3) is 0.167. The standard InChI is InChI=1S/C18H17NO4S/c1-21-14-5-3-6-15(22-2)17(14)18(20)19-11-12-8-9-13(23-12)16-7-4-10-24-16/h3-10H,11H2,1-2H3,(H,19,20). The first kappa shape index (κ1) is 16.1. The van der Waals surface area contributed by atoms with E-state index >= 15 is 0 Å². The van der Waals surface area contributed by atoms with Crippen LogP contribution in [0.25, 0.3) is 10.6 Å². The average Bonchev–Trinajstić information content (AvgIpc) is 3.29. The molecule has 0 unspecified atom stereocenters. The molecule has 1 N–H and O–H groups in total. The highest BCUT2D eigenvalue weighted by molar-refractivity contribution is 7.13. The Morgan fingerprint density at radius 3 is 2.46 bits per heavy atom. The second-order valence-corrected chi connectivity index (χ2v) is 5.91. The Morgan fingerprint density at radius 1 is 1.08 bits per heavy atom. The van der Waals surface area contributed by atoms with Crippen LogP contribution in [0.4, 0.5) is 0 Å². The Hall–Kier alpha value is -2.73. The van der Waals surface area contributed by atoms with Gasteiger partial charge in [0.1, 0.15) is 28.6 Å². The van der Waals surface area contributed by atoms with Gasteiger partial charge in [-0.05, 0) is 35.7 Å². The van der Waals surface area contributed by atoms with E-state index < -0.39 is 0 Å². The molecule has 6 heteroatoms. The van der Waals surface area contributed by atoms with E-state index in [1.165, 1.54) is 14.2 Å². The molecule has 0 fully saturated rings. The molecule has 2 aromatic heterocycles. The van der Waals surface area contributed by atoms with Crippen molar-refractivity contribution in [1.29, 1.82) is 0 Å². The van der Waals surface area contributed by atoms with E-state index in [0.717, 1.165) is 10.6 Å². The SMILES string of the molecule is COc1cccc(OC)c1C(=O)NCc1ccc(-c2cccs2)o1. The maximum Gasteiger partial charge on any atom is 0.259 e. The number of hydrogen-bond donors (Lipinski definition) is 1. The number of hydrogen-bond acceptors (Lipinski definition) is 5. The summed E-state index contributed by atoms with van der Waals surface area (Å²) in [5.74, 6) is 2.12. The van der Waals surface area contributed by atoms with Gasteiger partial charge in [0.05, 0.1) is 25.6 Å². The molecule has 0 aliphatic heterocycles. The van der Waals surface area contributed by atoms with Gasteiger partial charge in [0.2, 0.25) is 0 Å². The largest absolute Gasteiger partial charge is 0.496 e. The lowest BCUT2D eigenvalue weighted by Crippen LogP contribution is -2.23. The number of amides is 1. The van der Waals surface area contributed by atoms with Gasteiger partial charge in [-0.3, -0.25) is 4.79 Å². The number of carbonyl (C=O) groups is 1. The number of nitrogens with one attached hydrogen (secondary N) is 1. The lowest BCUT2D eigenvalue weighted by Gasteiger charge is -2.12. The molecule has 0 atom stereocenters. The highest BCUT2D eigenvalue weighted by atomic mass is 32.1. The molecular formula is C18H17NO4S. The molecule has 1 aromatic carbocycles. The van der Waals surface area contributed by atoms with Gasteiger partial charge in [-0.25, -0.2) is 0 Å². The first-order valence-corrected chi connectivity index (χ1v) is 8.22. The van der Waals surface area contributed by atoms with Crippen molar-refractivity contribution in [3.63, 3.8) is 0 Å². The monoisotopic (exact) mass is 343 g/mol. The number of carbonyl (C=O) groups excluding carboxylic acids is 1. The maximum atomic E-state index is 12.5. The Labute approximate surface area is 143 Å². The number of rotatable bonds is 6. The van der Waals surface area contributed by atoms with E-state index in [4.69, 9.17) is 13.9 Å². The molecule has 3 aromatic rings. The van der Waals surface area contributed by atoms with E-state index in [9.17, 15) is 4.79 Å². The zero-order chi connectivity index (χ0) is 16.9. The molecule has 0 spiro atoms. The van der Waals surface area contributed by atoms with Crippen LogP contribution < -0.4 is 14.8 Å². The molecule has 0 saturated heterocycles. The van der Waals surface area contributed by atoms with Crippen LogP contribution in [0.15, 0.2) is 52.3 Å². The van der Waals surface area contributed by atoms with Crippen molar-refractivity contribution in [3.05, 3.63) is 59.2 Å². The predicted octanol–water partition coefficient (Wildman–Crippen LogP) is 3.96. The Kier molecular flexibility index (Phi) is 4.86. The van der Waals surface area contributed by atoms with Gasteiger partial charge in [0, 0.05) is 0 Å². The van der Waals surface area contributed by atoms with Crippen molar-refractivity contribution in [2.24, 2.45) is 0 Å². The molecule has 1 amide bonds. The fourth-order valence-electron chi connectivity index (χ4n) is 2.35. The normalized spacial score (nSPS) is 10.4. The summed E-state index contributed by atoms with van der Waals surface area (Å²) in [5.41, 5.74) is 0.368. The van der Waals surface area contributed by atoms with Crippen LogP contribution >= 0.6 is 11.3 Å². The summed E-state index contributed by atoms with van der Waals surface area (Å²) in [6.45, 7) is 0.283. The van der Waals surface area contributed by atoms with E-state index in [1.54, 1.807) is 29.5 Å². The second kappa shape index (κ2) is 7.23. The first-order valence-electron chi connectivity index (χ1n) is 7.34. The van der Waals surface area contributed by atoms with Crippen LogP contribution in [-0.2, 0) is 6.54 Å². The topological polar surface area (TPSA) is 60.7 Å². The number of benzene rings is 1. The summed E-state index contributed by atoms with van der Waals surface area (Å²) in [6.07, 6.45) is 0. The first-order chi connectivity index (χ1) is 11.7. The Balaban J connectivity index is 1.72. The highest BCUT2D eigenvalue weighted by Gasteiger charge is 2.18. The van der Waals surface area contributed by atoms with Crippen LogP contribution in [0.3, 0.4) is 0 Å². The minimum atomic E-state index is -0.279. The van der Waals surface area contributed by atoms with E-state index in [1.807, 2.05) is 29.6 Å². The summed E-state index contributed by atoms with van der Waals surface area (Å²) in [7, 11) is 3.04. The minimum Gasteiger partial charge on any atom is -0.496 e. The summed E-state index contributed by atoms with van der Waals surface area (Å²) < 4.78 is 16.3. The molecule has 2 heterocycles. The number of ether oxygens (including phenoxy) is 2. The maximum absolute atomic E-state index is 12.5. The third kappa shape index (κ3) is 3.28. The smallest absolute Gasteiger partial charge is 0.259 e.